The lowest BCUT2D eigenvalue weighted by atomic mass is 10.3. The maximum absolute atomic E-state index is 12.9. The van der Waals surface area contributed by atoms with Crippen LogP contribution in [0.25, 0.3) is 10.6 Å². The standard InChI is InChI=1S/C13H9FN4O2S2/c14-10-1-3-11(4-2-10)22(19,20)18-13-17-16-12(21-13)9-5-7-15-8-6-9/h1-8H,(H,17,18). The number of benzene rings is 1. The van der Waals surface area contributed by atoms with Gasteiger partial charge in [0.25, 0.3) is 10.0 Å². The fraction of sp³-hybridized carbons (Fsp3) is 0. The van der Waals surface area contributed by atoms with Crippen LogP contribution in [0.2, 0.25) is 0 Å². The molecule has 2 heterocycles. The van der Waals surface area contributed by atoms with Crippen LogP contribution in [0.15, 0.2) is 53.7 Å². The normalized spacial score (nSPS) is 11.3. The first-order valence-electron chi connectivity index (χ1n) is 6.07. The van der Waals surface area contributed by atoms with Crippen molar-refractivity contribution in [3.8, 4) is 10.6 Å². The molecule has 3 aromatic rings. The molecule has 112 valence electrons. The lowest BCUT2D eigenvalue weighted by Crippen LogP contribution is -2.12. The third-order valence-corrected chi connectivity index (χ3v) is 5.07. The molecule has 0 bridgehead atoms. The number of halogens is 1. The number of pyridine rings is 1. The van der Waals surface area contributed by atoms with Crippen LogP contribution in [0.3, 0.4) is 0 Å². The van der Waals surface area contributed by atoms with Gasteiger partial charge < -0.3 is 0 Å². The molecule has 9 heteroatoms. The Morgan fingerprint density at radius 3 is 2.36 bits per heavy atom. The first-order valence-corrected chi connectivity index (χ1v) is 8.37. The Balaban J connectivity index is 1.84. The number of hydrogen-bond donors (Lipinski definition) is 1. The van der Waals surface area contributed by atoms with Crippen LogP contribution in [0.4, 0.5) is 9.52 Å². The van der Waals surface area contributed by atoms with E-state index in [0.717, 1.165) is 29.0 Å². The predicted molar refractivity (Wildman–Crippen MR) is 80.3 cm³/mol. The van der Waals surface area contributed by atoms with Gasteiger partial charge in [-0.1, -0.05) is 11.3 Å². The minimum Gasteiger partial charge on any atom is -0.265 e. The molecule has 0 saturated carbocycles. The first-order chi connectivity index (χ1) is 10.5. The number of anilines is 1. The van der Waals surface area contributed by atoms with Gasteiger partial charge in [-0.05, 0) is 36.4 Å². The zero-order valence-corrected chi connectivity index (χ0v) is 12.6. The Kier molecular flexibility index (Phi) is 3.82. The van der Waals surface area contributed by atoms with E-state index in [9.17, 15) is 12.8 Å². The van der Waals surface area contributed by atoms with E-state index in [2.05, 4.69) is 19.9 Å². The summed E-state index contributed by atoms with van der Waals surface area (Å²) in [5.74, 6) is -0.505. The minimum atomic E-state index is -3.82. The third kappa shape index (κ3) is 3.10. The second-order valence-electron chi connectivity index (χ2n) is 4.21. The molecule has 0 saturated heterocycles. The number of hydrogen-bond acceptors (Lipinski definition) is 6. The number of rotatable bonds is 4. The predicted octanol–water partition coefficient (Wildman–Crippen LogP) is 2.54. The van der Waals surface area contributed by atoms with Gasteiger partial charge in [-0.3, -0.25) is 9.71 Å². The fourth-order valence-electron chi connectivity index (χ4n) is 1.66. The van der Waals surface area contributed by atoms with Crippen molar-refractivity contribution in [1.29, 1.82) is 0 Å². The largest absolute Gasteiger partial charge is 0.265 e. The molecule has 1 aromatic carbocycles. The maximum Gasteiger partial charge on any atom is 0.263 e. The first kappa shape index (κ1) is 14.5. The molecule has 0 fully saturated rings. The molecule has 1 N–H and O–H groups in total. The van der Waals surface area contributed by atoms with Crippen molar-refractivity contribution in [3.05, 3.63) is 54.6 Å². The molecule has 0 radical (unpaired) electrons. The van der Waals surface area contributed by atoms with Crippen LogP contribution in [0.1, 0.15) is 0 Å². The van der Waals surface area contributed by atoms with Crippen molar-refractivity contribution >= 4 is 26.5 Å². The molecule has 22 heavy (non-hydrogen) atoms. The number of aromatic nitrogens is 3. The highest BCUT2D eigenvalue weighted by molar-refractivity contribution is 7.93. The van der Waals surface area contributed by atoms with Crippen molar-refractivity contribution in [2.24, 2.45) is 0 Å². The van der Waals surface area contributed by atoms with E-state index >= 15 is 0 Å². The smallest absolute Gasteiger partial charge is 0.263 e. The van der Waals surface area contributed by atoms with E-state index in [4.69, 9.17) is 0 Å². The highest BCUT2D eigenvalue weighted by atomic mass is 32.2. The van der Waals surface area contributed by atoms with E-state index in [1.54, 1.807) is 24.5 Å². The lowest BCUT2D eigenvalue weighted by molar-refractivity contribution is 0.599. The molecule has 0 unspecified atom stereocenters. The van der Waals surface area contributed by atoms with Gasteiger partial charge in [0.15, 0.2) is 0 Å². The summed E-state index contributed by atoms with van der Waals surface area (Å²) in [7, 11) is -3.82. The maximum atomic E-state index is 12.9. The topological polar surface area (TPSA) is 84.8 Å². The van der Waals surface area contributed by atoms with E-state index in [-0.39, 0.29) is 10.0 Å². The van der Waals surface area contributed by atoms with Gasteiger partial charge in [-0.2, -0.15) is 0 Å². The Bertz CT molecular complexity index is 880. The average molecular weight is 336 g/mol. The van der Waals surface area contributed by atoms with E-state index in [0.29, 0.717) is 5.01 Å². The van der Waals surface area contributed by atoms with Crippen LogP contribution in [-0.4, -0.2) is 23.6 Å². The monoisotopic (exact) mass is 336 g/mol. The zero-order chi connectivity index (χ0) is 15.6. The minimum absolute atomic E-state index is 0.0467. The van der Waals surface area contributed by atoms with Gasteiger partial charge in [0, 0.05) is 18.0 Å². The molecule has 0 aliphatic rings. The number of nitrogens with one attached hydrogen (secondary N) is 1. The Morgan fingerprint density at radius 1 is 1.00 bits per heavy atom. The quantitative estimate of drug-likeness (QED) is 0.791. The van der Waals surface area contributed by atoms with Crippen LogP contribution < -0.4 is 4.72 Å². The van der Waals surface area contributed by atoms with Crippen LogP contribution in [0.5, 0.6) is 0 Å². The van der Waals surface area contributed by atoms with Gasteiger partial charge in [0.1, 0.15) is 10.8 Å². The molecular weight excluding hydrogens is 327 g/mol. The van der Waals surface area contributed by atoms with Crippen molar-refractivity contribution in [2.75, 3.05) is 4.72 Å². The van der Waals surface area contributed by atoms with Gasteiger partial charge in [0.2, 0.25) is 5.13 Å². The molecule has 0 aliphatic carbocycles. The van der Waals surface area contributed by atoms with Gasteiger partial charge >= 0.3 is 0 Å². The van der Waals surface area contributed by atoms with E-state index in [1.807, 2.05) is 0 Å². The highest BCUT2D eigenvalue weighted by Gasteiger charge is 2.17. The summed E-state index contributed by atoms with van der Waals surface area (Å²) in [5.41, 5.74) is 0.791. The Morgan fingerprint density at radius 2 is 1.68 bits per heavy atom. The molecule has 0 spiro atoms. The summed E-state index contributed by atoms with van der Waals surface area (Å²) >= 11 is 1.10. The van der Waals surface area contributed by atoms with E-state index in [1.165, 1.54) is 12.1 Å². The third-order valence-electron chi connectivity index (χ3n) is 2.70. The van der Waals surface area contributed by atoms with Gasteiger partial charge in [-0.15, -0.1) is 10.2 Å². The van der Waals surface area contributed by atoms with Crippen LogP contribution in [0, 0.1) is 5.82 Å². The average Bonchev–Trinajstić information content (AvgIpc) is 2.96. The summed E-state index contributed by atoms with van der Waals surface area (Å²) in [5, 5.41) is 8.44. The van der Waals surface area contributed by atoms with Crippen LogP contribution >= 0.6 is 11.3 Å². The van der Waals surface area contributed by atoms with Crippen molar-refractivity contribution in [2.45, 2.75) is 4.90 Å². The van der Waals surface area contributed by atoms with Gasteiger partial charge in [0.05, 0.1) is 4.90 Å². The van der Waals surface area contributed by atoms with Crippen molar-refractivity contribution in [1.82, 2.24) is 15.2 Å². The highest BCUT2D eigenvalue weighted by Crippen LogP contribution is 2.27. The lowest BCUT2D eigenvalue weighted by Gasteiger charge is -2.03. The zero-order valence-electron chi connectivity index (χ0n) is 11.0. The molecule has 0 atom stereocenters. The summed E-state index contributed by atoms with van der Waals surface area (Å²) < 4.78 is 39.5. The molecule has 2 aromatic heterocycles. The molecule has 0 amide bonds. The summed E-state index contributed by atoms with van der Waals surface area (Å²) in [6.07, 6.45) is 3.22. The molecule has 0 aliphatic heterocycles. The van der Waals surface area contributed by atoms with E-state index < -0.39 is 15.8 Å². The van der Waals surface area contributed by atoms with Crippen molar-refractivity contribution < 1.29 is 12.8 Å². The molecule has 3 rings (SSSR count). The fourth-order valence-corrected chi connectivity index (χ4v) is 3.64. The van der Waals surface area contributed by atoms with Gasteiger partial charge in [-0.25, -0.2) is 12.8 Å². The second-order valence-corrected chi connectivity index (χ2v) is 6.87. The molecule has 6 nitrogen and oxygen atoms in total. The second kappa shape index (κ2) is 5.78. The summed E-state index contributed by atoms with van der Waals surface area (Å²) in [4.78, 5) is 3.85. The van der Waals surface area contributed by atoms with Crippen molar-refractivity contribution in [3.63, 3.8) is 0 Å². The Labute approximate surface area is 129 Å². The SMILES string of the molecule is O=S(=O)(Nc1nnc(-c2ccncc2)s1)c1ccc(F)cc1. The number of nitrogens with zero attached hydrogens (tertiary/aromatic N) is 3. The molecular formula is C13H9FN4O2S2. The van der Waals surface area contributed by atoms with Crippen LogP contribution in [-0.2, 0) is 10.0 Å². The Hall–Kier alpha value is -2.39. The summed E-state index contributed by atoms with van der Waals surface area (Å²) in [6.45, 7) is 0. The summed E-state index contributed by atoms with van der Waals surface area (Å²) in [6, 6.07) is 8.02. The number of sulfonamides is 1.